The molecule has 0 aliphatic carbocycles. The van der Waals surface area contributed by atoms with E-state index in [1.165, 1.54) is 13.2 Å². The van der Waals surface area contributed by atoms with Crippen molar-refractivity contribution in [3.8, 4) is 5.75 Å². The zero-order valence-electron chi connectivity index (χ0n) is 11.1. The van der Waals surface area contributed by atoms with Gasteiger partial charge in [-0.25, -0.2) is 0 Å². The summed E-state index contributed by atoms with van der Waals surface area (Å²) in [6, 6.07) is 4.02. The second-order valence-corrected chi connectivity index (χ2v) is 4.23. The molecule has 1 heterocycles. The van der Waals surface area contributed by atoms with Gasteiger partial charge in [-0.2, -0.15) is 0 Å². The normalized spacial score (nSPS) is 17.5. The number of carbonyl (C=O) groups is 3. The number of amides is 3. The Hall–Kier alpha value is -1.75. The maximum Gasteiger partial charge on any atom is 0.248 e. The molecule has 112 valence electrons. The summed E-state index contributed by atoms with van der Waals surface area (Å²) in [5, 5.41) is 4.47. The van der Waals surface area contributed by atoms with Crippen LogP contribution in [0.1, 0.15) is 23.2 Å². The van der Waals surface area contributed by atoms with E-state index in [1.807, 2.05) is 0 Å². The van der Waals surface area contributed by atoms with Gasteiger partial charge in [0.15, 0.2) is 5.91 Å². The Morgan fingerprint density at radius 1 is 1.48 bits per heavy atom. The first-order chi connectivity index (χ1) is 9.51. The van der Waals surface area contributed by atoms with E-state index in [9.17, 15) is 18.8 Å². The van der Waals surface area contributed by atoms with Crippen LogP contribution in [0, 0.1) is 11.9 Å². The predicted octanol–water partition coefficient (Wildman–Crippen LogP) is 0.167. The Morgan fingerprint density at radius 2 is 2.19 bits per heavy atom. The van der Waals surface area contributed by atoms with Gasteiger partial charge < -0.3 is 14.8 Å². The van der Waals surface area contributed by atoms with Crippen molar-refractivity contribution in [3.05, 3.63) is 29.6 Å². The zero-order chi connectivity index (χ0) is 14.7. The first-order valence-electron chi connectivity index (χ1n) is 5.91. The van der Waals surface area contributed by atoms with E-state index in [2.05, 4.69) is 16.7 Å². The van der Waals surface area contributed by atoms with Gasteiger partial charge in [0.25, 0.3) is 0 Å². The third kappa shape index (κ3) is 4.11. The molecule has 1 fully saturated rings. The van der Waals surface area contributed by atoms with Gasteiger partial charge in [0.05, 0.1) is 7.11 Å². The van der Waals surface area contributed by atoms with Crippen molar-refractivity contribution in [2.24, 2.45) is 0 Å². The van der Waals surface area contributed by atoms with Crippen molar-refractivity contribution >= 4 is 17.7 Å². The minimum atomic E-state index is -0.862. The van der Waals surface area contributed by atoms with Crippen molar-refractivity contribution < 1.29 is 44.6 Å². The fourth-order valence-corrected chi connectivity index (χ4v) is 1.80. The fourth-order valence-electron chi connectivity index (χ4n) is 1.80. The average Bonchev–Trinajstić information content (AvgIpc) is 2.42. The summed E-state index contributed by atoms with van der Waals surface area (Å²) in [7, 11) is 1.37. The van der Waals surface area contributed by atoms with Gasteiger partial charge in [-0.15, -0.1) is 6.07 Å². The molecule has 3 amide bonds. The average molecular weight is 463 g/mol. The van der Waals surface area contributed by atoms with Crippen LogP contribution in [-0.4, -0.2) is 30.9 Å². The minimum Gasteiger partial charge on any atom is -0.516 e. The van der Waals surface area contributed by atoms with E-state index >= 15 is 0 Å². The summed E-state index contributed by atoms with van der Waals surface area (Å²) >= 11 is 0. The van der Waals surface area contributed by atoms with Gasteiger partial charge in [-0.1, -0.05) is 12.1 Å². The van der Waals surface area contributed by atoms with Crippen LogP contribution in [0.4, 0.5) is 4.39 Å². The van der Waals surface area contributed by atoms with Gasteiger partial charge in [0.1, 0.15) is 6.04 Å². The Kier molecular flexibility index (Phi) is 6.02. The van der Waals surface area contributed by atoms with Crippen LogP contribution in [0.2, 0.25) is 0 Å². The number of hydrogen-bond acceptors (Lipinski definition) is 4. The smallest absolute Gasteiger partial charge is 0.248 e. The molecule has 2 N–H and O–H groups in total. The van der Waals surface area contributed by atoms with Crippen molar-refractivity contribution in [2.45, 2.75) is 18.9 Å². The van der Waals surface area contributed by atoms with Crippen LogP contribution in [-0.2, 0) is 30.7 Å². The van der Waals surface area contributed by atoms with E-state index in [-0.39, 0.29) is 51.1 Å². The Morgan fingerprint density at radius 3 is 2.81 bits per heavy atom. The van der Waals surface area contributed by atoms with Gasteiger partial charge >= 0.3 is 0 Å². The molecule has 0 radical (unpaired) electrons. The molecular formula is C13H12FN2O4W-. The number of carbonyl (C=O) groups excluding carboxylic acids is 3. The Bertz CT molecular complexity index is 579. The molecule has 0 spiro atoms. The van der Waals surface area contributed by atoms with E-state index in [1.54, 1.807) is 0 Å². The van der Waals surface area contributed by atoms with Gasteiger partial charge in [0.2, 0.25) is 11.8 Å². The summed E-state index contributed by atoms with van der Waals surface area (Å²) in [5.41, 5.74) is -0.339. The Balaban J connectivity index is 0.00000220. The molecule has 1 aromatic rings. The topological polar surface area (TPSA) is 84.5 Å². The molecule has 6 nitrogen and oxygen atoms in total. The fraction of sp³-hybridized carbons (Fsp3) is 0.308. The predicted molar refractivity (Wildman–Crippen MR) is 65.4 cm³/mol. The number of ether oxygens (including phenoxy) is 1. The molecule has 0 bridgehead atoms. The summed E-state index contributed by atoms with van der Waals surface area (Å²) in [5.74, 6) is -2.33. The van der Waals surface area contributed by atoms with Crippen LogP contribution < -0.4 is 15.4 Å². The largest absolute Gasteiger partial charge is 0.516 e. The molecule has 1 aliphatic heterocycles. The molecule has 1 atom stereocenters. The van der Waals surface area contributed by atoms with Crippen molar-refractivity contribution in [1.29, 1.82) is 0 Å². The Labute approximate surface area is 134 Å². The molecule has 0 saturated carbocycles. The van der Waals surface area contributed by atoms with Crippen LogP contribution in [0.15, 0.2) is 12.1 Å². The summed E-state index contributed by atoms with van der Waals surface area (Å²) in [6.45, 7) is 0. The van der Waals surface area contributed by atoms with Crippen LogP contribution in [0.25, 0.3) is 0 Å². The third-order valence-corrected chi connectivity index (χ3v) is 2.86. The van der Waals surface area contributed by atoms with E-state index < -0.39 is 23.7 Å². The molecule has 21 heavy (non-hydrogen) atoms. The van der Waals surface area contributed by atoms with Gasteiger partial charge in [0, 0.05) is 39.1 Å². The number of nitrogens with one attached hydrogen (secondary N) is 2. The molecule has 2 rings (SSSR count). The molecule has 0 aromatic heterocycles. The minimum absolute atomic E-state index is 0. The van der Waals surface area contributed by atoms with Crippen molar-refractivity contribution in [3.63, 3.8) is 0 Å². The summed E-state index contributed by atoms with van der Waals surface area (Å²) < 4.78 is 18.4. The molecule has 1 unspecified atom stereocenters. The standard InChI is InChI=1S/C13H12FN2O4.W/c1-20-7-2-3-9(14)8(6-7)12(18)15-10-4-5-11(17)16-13(10)19;/h2-3,10H,4-5H2,1H3,(H,15,18)(H,16,17,19);/q-1;. The van der Waals surface area contributed by atoms with Crippen molar-refractivity contribution in [1.82, 2.24) is 10.6 Å². The molecular weight excluding hydrogens is 451 g/mol. The zero-order valence-corrected chi connectivity index (χ0v) is 14.0. The molecule has 8 heteroatoms. The number of benzene rings is 1. The SMILES string of the molecule is COc1[c-]c(C(=O)NC2CCC(=O)NC2=O)c(F)cc1.[W]. The molecule has 1 aromatic carbocycles. The van der Waals surface area contributed by atoms with Gasteiger partial charge in [-0.05, 0) is 12.0 Å². The number of halogens is 1. The second-order valence-electron chi connectivity index (χ2n) is 4.23. The van der Waals surface area contributed by atoms with E-state index in [0.29, 0.717) is 0 Å². The number of rotatable bonds is 3. The first-order valence-corrected chi connectivity index (χ1v) is 5.91. The molecule has 1 saturated heterocycles. The van der Waals surface area contributed by atoms with Crippen LogP contribution >= 0.6 is 0 Å². The summed E-state index contributed by atoms with van der Waals surface area (Å²) in [6.07, 6.45) is 0.309. The number of imide groups is 1. The van der Waals surface area contributed by atoms with Crippen LogP contribution in [0.5, 0.6) is 5.75 Å². The van der Waals surface area contributed by atoms with E-state index in [4.69, 9.17) is 4.74 Å². The number of methoxy groups -OCH3 is 1. The monoisotopic (exact) mass is 463 g/mol. The maximum absolute atomic E-state index is 13.6. The summed E-state index contributed by atoms with van der Waals surface area (Å²) in [4.78, 5) is 34.4. The van der Waals surface area contributed by atoms with E-state index in [0.717, 1.165) is 6.07 Å². The van der Waals surface area contributed by atoms with Gasteiger partial charge in [-0.3, -0.25) is 19.3 Å². The third-order valence-electron chi connectivity index (χ3n) is 2.86. The molecule has 1 aliphatic rings. The quantitative estimate of drug-likeness (QED) is 0.495. The van der Waals surface area contributed by atoms with Crippen molar-refractivity contribution in [2.75, 3.05) is 7.11 Å². The maximum atomic E-state index is 13.6. The number of piperidine rings is 1. The second kappa shape index (κ2) is 7.31. The number of hydrogen-bond donors (Lipinski definition) is 2. The van der Waals surface area contributed by atoms with Crippen LogP contribution in [0.3, 0.4) is 0 Å². The first kappa shape index (κ1) is 17.3.